The first kappa shape index (κ1) is 103. The van der Waals surface area contributed by atoms with Crippen molar-refractivity contribution in [3.8, 4) is 0 Å². The summed E-state index contributed by atoms with van der Waals surface area (Å²) in [5.41, 5.74) is 33.0. The molecule has 7 aliphatic heterocycles. The van der Waals surface area contributed by atoms with Gasteiger partial charge >= 0.3 is 47.8 Å². The Kier molecular flexibility index (Phi) is 31.3. The van der Waals surface area contributed by atoms with Crippen molar-refractivity contribution in [2.24, 2.45) is 0 Å². The third kappa shape index (κ3) is 20.0. The highest BCUT2D eigenvalue weighted by atomic mass is 16.6. The van der Waals surface area contributed by atoms with Gasteiger partial charge in [0.15, 0.2) is 0 Å². The zero-order valence-electron chi connectivity index (χ0n) is 84.0. The summed E-state index contributed by atoms with van der Waals surface area (Å²) < 4.78 is 15.3. The molecule has 6 atom stereocenters. The van der Waals surface area contributed by atoms with E-state index >= 15 is 0 Å². The number of nitrogens with one attached hydrogen (secondary N) is 6. The number of carboxylic acid groups (broad SMARTS) is 3. The van der Waals surface area contributed by atoms with E-state index in [9.17, 15) is 63.3 Å². The van der Waals surface area contributed by atoms with Crippen molar-refractivity contribution in [3.05, 3.63) is 244 Å². The summed E-state index contributed by atoms with van der Waals surface area (Å²) >= 11 is 0. The Morgan fingerprint density at radius 1 is 0.421 bits per heavy atom. The number of fused-ring (bicyclic) bond motifs is 24. The van der Waals surface area contributed by atoms with Crippen molar-refractivity contribution >= 4 is 159 Å². The van der Waals surface area contributed by atoms with Crippen LogP contribution < -0.4 is 0 Å². The van der Waals surface area contributed by atoms with E-state index in [-0.39, 0.29) is 134 Å². The highest BCUT2D eigenvalue weighted by molar-refractivity contribution is 6.10. The molecule has 0 spiro atoms. The van der Waals surface area contributed by atoms with Crippen molar-refractivity contribution in [1.29, 1.82) is 0 Å². The van der Waals surface area contributed by atoms with Crippen LogP contribution in [0, 0.1) is 41.5 Å². The van der Waals surface area contributed by atoms with Crippen LogP contribution in [0.5, 0.6) is 0 Å². The second-order valence-corrected chi connectivity index (χ2v) is 36.5. The summed E-state index contributed by atoms with van der Waals surface area (Å²) in [7, 11) is 0. The van der Waals surface area contributed by atoms with Crippen LogP contribution in [0.25, 0.3) is 99.6 Å². The topological polar surface area (TPSA) is 431 Å². The van der Waals surface area contributed by atoms with Gasteiger partial charge in [-0.2, -0.15) is 0 Å². The zero-order chi connectivity index (χ0) is 102. The van der Waals surface area contributed by atoms with Crippen molar-refractivity contribution in [3.63, 3.8) is 0 Å². The molecule has 28 heteroatoms. The fourth-order valence-electron chi connectivity index (χ4n) is 20.5. The first-order chi connectivity index (χ1) is 66.7. The molecule has 9 N–H and O–H groups in total. The second-order valence-electron chi connectivity index (χ2n) is 36.5. The normalized spacial score (nSPS) is 16.4. The molecule has 9 aromatic heterocycles. The lowest BCUT2D eigenvalue weighted by molar-refractivity contribution is -0.158. The van der Waals surface area contributed by atoms with E-state index in [0.29, 0.717) is 102 Å². The number of allylic oxidation sites excluding steroid dienone is 9. The summed E-state index contributed by atoms with van der Waals surface area (Å²) in [6.45, 7) is 52.9. The Bertz CT molecular complexity index is 7400. The molecule has 0 saturated heterocycles. The first-order valence-corrected chi connectivity index (χ1v) is 48.4. The van der Waals surface area contributed by atoms with Crippen LogP contribution in [-0.4, -0.2) is 141 Å². The number of H-pyrrole nitrogens is 6. The average Bonchev–Trinajstić information content (AvgIpc) is 1.60. The quantitative estimate of drug-likeness (QED) is 0.0154. The summed E-state index contributed by atoms with van der Waals surface area (Å²) in [5.74, 6) is -7.77. The molecule has 0 radical (unpaired) electrons. The molecule has 0 unspecified atom stereocenters. The van der Waals surface area contributed by atoms with Crippen LogP contribution in [-0.2, 0) is 86.3 Å². The maximum absolute atomic E-state index is 13.3. The molecule has 9 aromatic rings. The van der Waals surface area contributed by atoms with Gasteiger partial charge in [-0.1, -0.05) is 107 Å². The maximum atomic E-state index is 13.3. The van der Waals surface area contributed by atoms with Gasteiger partial charge in [0, 0.05) is 188 Å². The molecular formula is C112H126N12O16. The number of ketones is 2. The number of aliphatic carboxylic acids is 1. The summed E-state index contributed by atoms with van der Waals surface area (Å²) in [6, 6.07) is 17.8. The smallest absolute Gasteiger partial charge is 0.348 e. The number of hydrogen-bond donors (Lipinski definition) is 9. The van der Waals surface area contributed by atoms with Crippen molar-refractivity contribution in [1.82, 2.24) is 59.8 Å². The van der Waals surface area contributed by atoms with Crippen LogP contribution >= 0.6 is 0 Å². The van der Waals surface area contributed by atoms with Gasteiger partial charge in [-0.15, -0.1) is 0 Å². The third-order valence-electron chi connectivity index (χ3n) is 28.5. The standard InChI is InChI=1S/C38H44N4O5.C36H36N4O6.C36H40N4O5.C2H6/c1-9-23(43)15-27-36-26(13-14-34(44)47-12-4)21(7)30(41-36)16-28-19(5)24(10-2)32(39-28)17-29-20(6)25(11-3)33(40-29)18-31-22(8)35(38(45)46)37(27)42-31;1-8-21-16(3)25-13-27-18(5)23(10-11-31(42)45-20(7)41)34(39-27)24-12-32(43)46-36(44)33-19(6)28(40-35(24)33)15-30-22(9-2)17(4)26(38-30)14-29(21)37-25;1-8-21(41)13-25-34-24(11-12-32(42)43)19(6)28(39-34)14-26-17(4)22(9-2)30(37-26)15-27-18(5)23(10-3)31(38-27)16-29-20(7)33(36(44)45)35(25)40-29;1-2/h10,16-18,21,26,40,42H,2,9,11-15H2,1,3-8H3,(H,45,46);8,13-15,18,23,38,40H,1,9-12H2,2-7H3;9,14-16,19,24,38,40H,2,8,10-13H2,1,3-7H3,(H,42,43)(H,44,45);1-2H3/t21-,26-;18-,23-;19-,24-;/m000./s1. The summed E-state index contributed by atoms with van der Waals surface area (Å²) in [4.78, 5) is 178. The SMILES string of the molecule is C=CC1=C(C)c2cc3nc(c(CC(=O)CC)c4[nH]c(cc5[nH]c(cc1n2)c(C)c5CC)c(C)c4C(=O)O)[C@@H](CCC(=O)O)[C@@H]3C.C=CC1=C(C)c2cc3nc(c(CC(=O)CC)c4[nH]c(cc5[nH]c(cc1n2)c(C)c5CC)c(C)c4C(=O)O)[C@@H](CCC(=O)OCC)[C@@H]3C.C=CC1=C(C)c2cc3nc(c4c5[nH]c(cc6[nH]c(cc1n2)c(C)c6CC)c(C)c5C(=O)OC(=O)C4)[C@@H](CCC(=O)OC(C)=O)[C@@H]3C.CC. The number of carboxylic acids is 3. The number of aromatic carboxylic acids is 2. The number of rotatable bonds is 24. The lowest BCUT2D eigenvalue weighted by Gasteiger charge is -2.18. The van der Waals surface area contributed by atoms with E-state index in [1.54, 1.807) is 40.7 Å². The molecule has 28 nitrogen and oxygen atoms in total. The number of aromatic nitrogens is 12. The van der Waals surface area contributed by atoms with Gasteiger partial charge in [0.2, 0.25) is 0 Å². The van der Waals surface area contributed by atoms with Gasteiger partial charge in [-0.25, -0.2) is 29.3 Å². The van der Waals surface area contributed by atoms with Gasteiger partial charge in [-0.05, 0) is 229 Å². The van der Waals surface area contributed by atoms with E-state index in [2.05, 4.69) is 98.1 Å². The van der Waals surface area contributed by atoms with Gasteiger partial charge < -0.3 is 59.4 Å². The molecule has 0 saturated carbocycles. The van der Waals surface area contributed by atoms with E-state index < -0.39 is 41.8 Å². The van der Waals surface area contributed by atoms with Gasteiger partial charge in [0.1, 0.15) is 11.6 Å². The number of aryl methyl sites for hydroxylation is 9. The predicted molar refractivity (Wildman–Crippen MR) is 547 cm³/mol. The van der Waals surface area contributed by atoms with Gasteiger partial charge in [0.25, 0.3) is 0 Å². The molecule has 24 bridgehead atoms. The van der Waals surface area contributed by atoms with Crippen molar-refractivity contribution in [2.45, 2.75) is 271 Å². The van der Waals surface area contributed by atoms with E-state index in [4.69, 9.17) is 44.1 Å². The summed E-state index contributed by atoms with van der Waals surface area (Å²) in [5, 5.41) is 30.6. The Labute approximate surface area is 813 Å². The molecule has 7 aliphatic rings. The minimum Gasteiger partial charge on any atom is -0.481 e. The number of hydrogen-bond acceptors (Lipinski definition) is 19. The molecule has 140 heavy (non-hydrogen) atoms. The Hall–Kier alpha value is -14.7. The average molecular weight is 1900 g/mol. The van der Waals surface area contributed by atoms with Gasteiger partial charge in [-0.3, -0.25) is 48.5 Å². The van der Waals surface area contributed by atoms with E-state index in [1.165, 1.54) is 6.92 Å². The molecule has 16 heterocycles. The highest BCUT2D eigenvalue weighted by Crippen LogP contribution is 2.49. The predicted octanol–water partition coefficient (Wildman–Crippen LogP) is 23.3. The Morgan fingerprint density at radius 2 is 0.764 bits per heavy atom. The molecule has 730 valence electrons. The molecule has 0 fully saturated rings. The van der Waals surface area contributed by atoms with Crippen LogP contribution in [0.3, 0.4) is 0 Å². The lowest BCUT2D eigenvalue weighted by Crippen LogP contribution is -2.14. The number of carbonyl (C=O) groups is 10. The molecule has 0 aliphatic carbocycles. The highest BCUT2D eigenvalue weighted by Gasteiger charge is 2.40. The molecular weight excluding hydrogens is 1770 g/mol. The summed E-state index contributed by atoms with van der Waals surface area (Å²) in [6.07, 6.45) is 9.12. The van der Waals surface area contributed by atoms with Crippen molar-refractivity contribution < 1.29 is 77.5 Å². The lowest BCUT2D eigenvalue weighted by atomic mass is 9.84. The van der Waals surface area contributed by atoms with Crippen LogP contribution in [0.1, 0.15) is 357 Å². The zero-order valence-corrected chi connectivity index (χ0v) is 84.0. The largest absolute Gasteiger partial charge is 0.481 e. The minimum atomic E-state index is -1.12. The fraction of sp³-hybridized carbons (Fsp3) is 0.375. The maximum Gasteiger partial charge on any atom is 0.348 e. The monoisotopic (exact) mass is 1890 g/mol. The number of ether oxygens (including phenoxy) is 3. The van der Waals surface area contributed by atoms with E-state index in [1.807, 2.05) is 122 Å². The number of cyclic esters (lactones) is 2. The number of aromatic amines is 6. The minimum absolute atomic E-state index is 0.00422. The van der Waals surface area contributed by atoms with E-state index in [0.717, 1.165) is 165 Å². The third-order valence-corrected chi connectivity index (χ3v) is 28.5. The molecule has 16 rings (SSSR count). The van der Waals surface area contributed by atoms with Crippen LogP contribution in [0.2, 0.25) is 0 Å². The number of carbonyl (C=O) groups excluding carboxylic acids is 7. The number of Topliss-reactive ketones (excluding diaryl/α,β-unsaturated/α-hetero) is 2. The molecule has 0 aromatic carbocycles. The van der Waals surface area contributed by atoms with Gasteiger partial charge in [0.05, 0.1) is 97.5 Å². The van der Waals surface area contributed by atoms with Crippen LogP contribution in [0.15, 0.2) is 92.6 Å². The number of esters is 5. The Morgan fingerprint density at radius 3 is 1.11 bits per heavy atom. The molecule has 0 amide bonds. The Balaban J connectivity index is 0.000000175. The van der Waals surface area contributed by atoms with Crippen LogP contribution in [0.4, 0.5) is 0 Å². The van der Waals surface area contributed by atoms with Crippen molar-refractivity contribution in [2.75, 3.05) is 6.61 Å². The first-order valence-electron chi connectivity index (χ1n) is 48.4. The second kappa shape index (κ2) is 42.7. The number of nitrogens with zero attached hydrogens (tertiary/aromatic N) is 6. The fourth-order valence-corrected chi connectivity index (χ4v) is 20.5.